The van der Waals surface area contributed by atoms with Gasteiger partial charge in [0.15, 0.2) is 16.7 Å². The van der Waals surface area contributed by atoms with Crippen molar-refractivity contribution in [2.45, 2.75) is 19.1 Å². The molecule has 6 heteroatoms. The Kier molecular flexibility index (Phi) is 4.92. The van der Waals surface area contributed by atoms with Gasteiger partial charge in [-0.05, 0) is 6.07 Å². The number of phenolic OH excluding ortho intramolecular Hbond substituents is 1. The summed E-state index contributed by atoms with van der Waals surface area (Å²) in [5, 5.41) is 28.5. The number of hydrogen-bond donors (Lipinski definition) is 3. The first-order valence-electron chi connectivity index (χ1n) is 4.90. The molecule has 0 fully saturated rings. The largest absolute Gasteiger partial charge is 0.505 e. The molecule has 0 heterocycles. The number of phenols is 1. The van der Waals surface area contributed by atoms with Gasteiger partial charge in [0.1, 0.15) is 6.10 Å². The van der Waals surface area contributed by atoms with Crippen molar-refractivity contribution in [3.05, 3.63) is 29.6 Å². The number of thioether (sulfide) groups is 1. The first kappa shape index (κ1) is 14.0. The topological polar surface area (TPSA) is 77.8 Å². The summed E-state index contributed by atoms with van der Waals surface area (Å²) in [4.78, 5) is 10.7. The number of rotatable bonds is 4. The van der Waals surface area contributed by atoms with E-state index in [1.54, 1.807) is 0 Å². The molecule has 0 aromatic heterocycles. The number of hydrogen-bond acceptors (Lipinski definition) is 5. The lowest BCUT2D eigenvalue weighted by atomic mass is 10.0. The molecular formula is C11H13FO4S. The van der Waals surface area contributed by atoms with E-state index >= 15 is 0 Å². The van der Waals surface area contributed by atoms with Gasteiger partial charge in [-0.3, -0.25) is 4.79 Å². The fraction of sp³-hybridized carbons (Fsp3) is 0.364. The summed E-state index contributed by atoms with van der Waals surface area (Å²) in [6.07, 6.45) is -2.69. The van der Waals surface area contributed by atoms with E-state index < -0.39 is 23.8 Å². The molecule has 3 N–H and O–H groups in total. The number of carbonyl (C=O) groups is 1. The third-order valence-corrected chi connectivity index (χ3v) is 3.07. The van der Waals surface area contributed by atoms with Crippen molar-refractivity contribution < 1.29 is 24.5 Å². The van der Waals surface area contributed by atoms with Crippen LogP contribution in [0.15, 0.2) is 18.2 Å². The predicted octanol–water partition coefficient (Wildman–Crippen LogP) is 1.21. The molecule has 0 saturated carbocycles. The molecule has 0 aliphatic heterocycles. The molecule has 0 radical (unpaired) electrons. The standard InChI is InChI=1S/C11H13FO4S/c1-6(13)17-5-9(14)11(16)7-3-2-4-8(12)10(7)15/h2-4,9,11,14-16H,5H2,1H3. The van der Waals surface area contributed by atoms with E-state index in [9.17, 15) is 24.5 Å². The third-order valence-electron chi connectivity index (χ3n) is 2.16. The van der Waals surface area contributed by atoms with Crippen molar-refractivity contribution in [3.63, 3.8) is 0 Å². The summed E-state index contributed by atoms with van der Waals surface area (Å²) in [5.74, 6) is -1.58. The summed E-state index contributed by atoms with van der Waals surface area (Å²) < 4.78 is 13.0. The molecule has 1 aromatic rings. The third kappa shape index (κ3) is 3.69. The van der Waals surface area contributed by atoms with E-state index in [2.05, 4.69) is 0 Å². The quantitative estimate of drug-likeness (QED) is 0.758. The minimum Gasteiger partial charge on any atom is -0.505 e. The van der Waals surface area contributed by atoms with Gasteiger partial charge >= 0.3 is 0 Å². The van der Waals surface area contributed by atoms with Crippen LogP contribution in [0.25, 0.3) is 0 Å². The fourth-order valence-corrected chi connectivity index (χ4v) is 1.86. The summed E-state index contributed by atoms with van der Waals surface area (Å²) >= 11 is 0.848. The molecule has 0 spiro atoms. The molecule has 0 aliphatic rings. The summed E-state index contributed by atoms with van der Waals surface area (Å²) in [5.41, 5.74) is -0.0957. The van der Waals surface area contributed by atoms with E-state index in [-0.39, 0.29) is 16.4 Å². The second-order valence-corrected chi connectivity index (χ2v) is 4.69. The molecule has 17 heavy (non-hydrogen) atoms. The van der Waals surface area contributed by atoms with Crippen molar-refractivity contribution in [2.24, 2.45) is 0 Å². The summed E-state index contributed by atoms with van der Waals surface area (Å²) in [6.45, 7) is 1.34. The van der Waals surface area contributed by atoms with Gasteiger partial charge in [0, 0.05) is 18.2 Å². The Morgan fingerprint density at radius 2 is 2.12 bits per heavy atom. The van der Waals surface area contributed by atoms with Crippen LogP contribution in [0.5, 0.6) is 5.75 Å². The van der Waals surface area contributed by atoms with Crippen LogP contribution in [0.2, 0.25) is 0 Å². The Labute approximate surface area is 102 Å². The van der Waals surface area contributed by atoms with Crippen LogP contribution in [-0.2, 0) is 4.79 Å². The second-order valence-electron chi connectivity index (χ2n) is 3.49. The molecule has 94 valence electrons. The van der Waals surface area contributed by atoms with Crippen molar-refractivity contribution >= 4 is 16.9 Å². The van der Waals surface area contributed by atoms with Crippen LogP contribution in [0.4, 0.5) is 4.39 Å². The van der Waals surface area contributed by atoms with Crippen LogP contribution in [0.1, 0.15) is 18.6 Å². The molecule has 4 nitrogen and oxygen atoms in total. The van der Waals surface area contributed by atoms with Crippen molar-refractivity contribution in [3.8, 4) is 5.75 Å². The summed E-state index contributed by atoms with van der Waals surface area (Å²) in [6, 6.07) is 3.67. The minimum atomic E-state index is -1.43. The van der Waals surface area contributed by atoms with Crippen LogP contribution in [0.3, 0.4) is 0 Å². The van der Waals surface area contributed by atoms with Crippen LogP contribution < -0.4 is 0 Å². The van der Waals surface area contributed by atoms with Gasteiger partial charge < -0.3 is 15.3 Å². The molecule has 2 unspecified atom stereocenters. The first-order chi connectivity index (χ1) is 7.93. The minimum absolute atomic E-state index is 0.0214. The van der Waals surface area contributed by atoms with Gasteiger partial charge in [0.05, 0.1) is 6.10 Å². The van der Waals surface area contributed by atoms with Gasteiger partial charge in [-0.1, -0.05) is 23.9 Å². The van der Waals surface area contributed by atoms with E-state index in [0.717, 1.165) is 17.8 Å². The lowest BCUT2D eigenvalue weighted by molar-refractivity contribution is -0.109. The Hall–Kier alpha value is -1.11. The van der Waals surface area contributed by atoms with Crippen LogP contribution >= 0.6 is 11.8 Å². The maximum atomic E-state index is 13.0. The van der Waals surface area contributed by atoms with E-state index in [0.29, 0.717) is 0 Å². The number of aliphatic hydroxyl groups is 2. The van der Waals surface area contributed by atoms with E-state index in [1.165, 1.54) is 19.1 Å². The Morgan fingerprint density at radius 1 is 1.47 bits per heavy atom. The second kappa shape index (κ2) is 6.00. The van der Waals surface area contributed by atoms with Crippen molar-refractivity contribution in [1.29, 1.82) is 0 Å². The monoisotopic (exact) mass is 260 g/mol. The number of halogens is 1. The lowest BCUT2D eigenvalue weighted by Crippen LogP contribution is -2.21. The molecule has 2 atom stereocenters. The van der Waals surface area contributed by atoms with Crippen LogP contribution in [0, 0.1) is 5.82 Å². The molecule has 0 amide bonds. The highest BCUT2D eigenvalue weighted by Gasteiger charge is 2.23. The Balaban J connectivity index is 2.77. The molecular weight excluding hydrogens is 247 g/mol. The van der Waals surface area contributed by atoms with Gasteiger partial charge in [0.25, 0.3) is 0 Å². The first-order valence-corrected chi connectivity index (χ1v) is 5.89. The van der Waals surface area contributed by atoms with Gasteiger partial charge in [-0.2, -0.15) is 0 Å². The van der Waals surface area contributed by atoms with Crippen molar-refractivity contribution in [2.75, 3.05) is 5.75 Å². The predicted molar refractivity (Wildman–Crippen MR) is 62.2 cm³/mol. The van der Waals surface area contributed by atoms with Crippen molar-refractivity contribution in [1.82, 2.24) is 0 Å². The highest BCUT2D eigenvalue weighted by atomic mass is 32.2. The maximum Gasteiger partial charge on any atom is 0.185 e. The highest BCUT2D eigenvalue weighted by molar-refractivity contribution is 8.13. The molecule has 1 rings (SSSR count). The van der Waals surface area contributed by atoms with Gasteiger partial charge in [-0.15, -0.1) is 0 Å². The normalized spacial score (nSPS) is 14.4. The zero-order valence-electron chi connectivity index (χ0n) is 9.13. The fourth-order valence-electron chi connectivity index (χ4n) is 1.27. The molecule has 0 bridgehead atoms. The maximum absolute atomic E-state index is 13.0. The average Bonchev–Trinajstić information content (AvgIpc) is 2.28. The Morgan fingerprint density at radius 3 is 2.71 bits per heavy atom. The molecule has 1 aromatic carbocycles. The number of aliphatic hydroxyl groups excluding tert-OH is 2. The SMILES string of the molecule is CC(=O)SCC(O)C(O)c1cccc(F)c1O. The van der Waals surface area contributed by atoms with E-state index in [4.69, 9.17) is 0 Å². The number of aromatic hydroxyl groups is 1. The average molecular weight is 260 g/mol. The number of para-hydroxylation sites is 1. The van der Waals surface area contributed by atoms with E-state index in [1.807, 2.05) is 0 Å². The zero-order chi connectivity index (χ0) is 13.0. The zero-order valence-corrected chi connectivity index (χ0v) is 9.95. The number of benzene rings is 1. The van der Waals surface area contributed by atoms with Gasteiger partial charge in [0.2, 0.25) is 0 Å². The lowest BCUT2D eigenvalue weighted by Gasteiger charge is -2.18. The van der Waals surface area contributed by atoms with Gasteiger partial charge in [-0.25, -0.2) is 4.39 Å². The molecule has 0 aliphatic carbocycles. The highest BCUT2D eigenvalue weighted by Crippen LogP contribution is 2.29. The Bertz CT molecular complexity index is 410. The van der Waals surface area contributed by atoms with Crippen LogP contribution in [-0.4, -0.2) is 32.3 Å². The smallest absolute Gasteiger partial charge is 0.185 e. The number of carbonyl (C=O) groups excluding carboxylic acids is 1. The molecule has 0 saturated heterocycles. The summed E-state index contributed by atoms with van der Waals surface area (Å²) in [7, 11) is 0.